The van der Waals surface area contributed by atoms with E-state index in [0.29, 0.717) is 25.8 Å². The Bertz CT molecular complexity index is 206. The van der Waals surface area contributed by atoms with Crippen molar-refractivity contribution in [2.24, 2.45) is 0 Å². The van der Waals surface area contributed by atoms with Gasteiger partial charge >= 0.3 is 5.97 Å². The molecule has 0 aromatic rings. The molecule has 15 heavy (non-hydrogen) atoms. The first kappa shape index (κ1) is 13.9. The zero-order valence-electron chi connectivity index (χ0n) is 9.36. The SMILES string of the molecule is COC(=O)CCN(C)C(=O)CCCCO. The minimum Gasteiger partial charge on any atom is -0.469 e. The first-order valence-corrected chi connectivity index (χ1v) is 5.03. The van der Waals surface area contributed by atoms with Gasteiger partial charge < -0.3 is 14.7 Å². The van der Waals surface area contributed by atoms with Gasteiger partial charge in [0.2, 0.25) is 5.91 Å². The Hall–Kier alpha value is -1.10. The van der Waals surface area contributed by atoms with Crippen LogP contribution in [0.15, 0.2) is 0 Å². The molecule has 0 heterocycles. The lowest BCUT2D eigenvalue weighted by molar-refractivity contribution is -0.141. The largest absolute Gasteiger partial charge is 0.469 e. The fraction of sp³-hybridized carbons (Fsp3) is 0.800. The number of unbranched alkanes of at least 4 members (excludes halogenated alkanes) is 1. The summed E-state index contributed by atoms with van der Waals surface area (Å²) in [5.74, 6) is -0.322. The average Bonchev–Trinajstić information content (AvgIpc) is 2.25. The Kier molecular flexibility index (Phi) is 7.62. The molecule has 0 aliphatic heterocycles. The quantitative estimate of drug-likeness (QED) is 0.487. The maximum Gasteiger partial charge on any atom is 0.307 e. The third-order valence-corrected chi connectivity index (χ3v) is 2.10. The second-order valence-corrected chi connectivity index (χ2v) is 3.32. The van der Waals surface area contributed by atoms with Crippen molar-refractivity contribution in [3.05, 3.63) is 0 Å². The van der Waals surface area contributed by atoms with Crippen molar-refractivity contribution in [2.75, 3.05) is 27.3 Å². The Morgan fingerprint density at radius 3 is 2.47 bits per heavy atom. The highest BCUT2D eigenvalue weighted by molar-refractivity contribution is 5.76. The number of methoxy groups -OCH3 is 1. The highest BCUT2D eigenvalue weighted by Crippen LogP contribution is 2.00. The van der Waals surface area contributed by atoms with E-state index in [1.807, 2.05) is 0 Å². The molecule has 1 amide bonds. The molecule has 0 aromatic carbocycles. The molecule has 0 saturated carbocycles. The number of hydrogen-bond acceptors (Lipinski definition) is 4. The van der Waals surface area contributed by atoms with Crippen LogP contribution >= 0.6 is 0 Å². The van der Waals surface area contributed by atoms with Crippen LogP contribution in [-0.4, -0.2) is 49.2 Å². The molecule has 0 aromatic heterocycles. The van der Waals surface area contributed by atoms with Gasteiger partial charge in [-0.1, -0.05) is 0 Å². The third kappa shape index (κ3) is 6.90. The normalized spacial score (nSPS) is 9.80. The van der Waals surface area contributed by atoms with Crippen molar-refractivity contribution in [1.82, 2.24) is 4.90 Å². The fourth-order valence-corrected chi connectivity index (χ4v) is 1.06. The van der Waals surface area contributed by atoms with Crippen molar-refractivity contribution >= 4 is 11.9 Å². The van der Waals surface area contributed by atoms with Crippen LogP contribution in [0.2, 0.25) is 0 Å². The Balaban J connectivity index is 3.64. The smallest absolute Gasteiger partial charge is 0.307 e. The summed E-state index contributed by atoms with van der Waals surface area (Å²) in [5.41, 5.74) is 0. The van der Waals surface area contributed by atoms with E-state index in [2.05, 4.69) is 4.74 Å². The van der Waals surface area contributed by atoms with Gasteiger partial charge in [0.25, 0.3) is 0 Å². The molecule has 0 rings (SSSR count). The number of nitrogens with zero attached hydrogens (tertiary/aromatic N) is 1. The number of aliphatic hydroxyl groups is 1. The Morgan fingerprint density at radius 1 is 1.27 bits per heavy atom. The van der Waals surface area contributed by atoms with Crippen LogP contribution in [0.5, 0.6) is 0 Å². The second-order valence-electron chi connectivity index (χ2n) is 3.32. The minimum atomic E-state index is -0.315. The summed E-state index contributed by atoms with van der Waals surface area (Å²) >= 11 is 0. The van der Waals surface area contributed by atoms with Gasteiger partial charge in [0.15, 0.2) is 0 Å². The van der Waals surface area contributed by atoms with Crippen molar-refractivity contribution in [3.8, 4) is 0 Å². The van der Waals surface area contributed by atoms with Gasteiger partial charge in [0.05, 0.1) is 13.5 Å². The van der Waals surface area contributed by atoms with Gasteiger partial charge in [-0.25, -0.2) is 0 Å². The maximum absolute atomic E-state index is 11.4. The molecule has 88 valence electrons. The molecule has 1 N–H and O–H groups in total. The van der Waals surface area contributed by atoms with Gasteiger partial charge in [0, 0.05) is 26.6 Å². The third-order valence-electron chi connectivity index (χ3n) is 2.10. The molecule has 0 aliphatic carbocycles. The lowest BCUT2D eigenvalue weighted by Gasteiger charge is -2.16. The van der Waals surface area contributed by atoms with Crippen LogP contribution < -0.4 is 0 Å². The van der Waals surface area contributed by atoms with E-state index in [-0.39, 0.29) is 24.9 Å². The number of rotatable bonds is 7. The number of esters is 1. The van der Waals surface area contributed by atoms with E-state index < -0.39 is 0 Å². The van der Waals surface area contributed by atoms with Crippen LogP contribution in [0.4, 0.5) is 0 Å². The summed E-state index contributed by atoms with van der Waals surface area (Å²) in [6, 6.07) is 0. The number of aliphatic hydroxyl groups excluding tert-OH is 1. The summed E-state index contributed by atoms with van der Waals surface area (Å²) in [5, 5.41) is 8.54. The van der Waals surface area contributed by atoms with Gasteiger partial charge in [-0.3, -0.25) is 9.59 Å². The minimum absolute atomic E-state index is 0.00708. The highest BCUT2D eigenvalue weighted by Gasteiger charge is 2.10. The predicted molar refractivity (Wildman–Crippen MR) is 55.2 cm³/mol. The predicted octanol–water partition coefficient (Wildman–Crippen LogP) is 0.170. The van der Waals surface area contributed by atoms with Crippen molar-refractivity contribution in [3.63, 3.8) is 0 Å². The Morgan fingerprint density at radius 2 is 1.93 bits per heavy atom. The summed E-state index contributed by atoms with van der Waals surface area (Å²) in [6.45, 7) is 0.490. The monoisotopic (exact) mass is 217 g/mol. The lowest BCUT2D eigenvalue weighted by atomic mass is 10.2. The first-order valence-electron chi connectivity index (χ1n) is 5.03. The number of carbonyl (C=O) groups is 2. The molecule has 0 bridgehead atoms. The summed E-state index contributed by atoms with van der Waals surface area (Å²) in [7, 11) is 2.98. The van der Waals surface area contributed by atoms with Gasteiger partial charge in [-0.15, -0.1) is 0 Å². The van der Waals surface area contributed by atoms with E-state index in [1.54, 1.807) is 7.05 Å². The van der Waals surface area contributed by atoms with Gasteiger partial charge in [-0.2, -0.15) is 0 Å². The zero-order valence-corrected chi connectivity index (χ0v) is 9.36. The highest BCUT2D eigenvalue weighted by atomic mass is 16.5. The molecule has 0 unspecified atom stereocenters. The number of amides is 1. The molecule has 0 radical (unpaired) electrons. The van der Waals surface area contributed by atoms with E-state index >= 15 is 0 Å². The van der Waals surface area contributed by atoms with Crippen LogP contribution in [0.1, 0.15) is 25.7 Å². The fourth-order valence-electron chi connectivity index (χ4n) is 1.06. The van der Waals surface area contributed by atoms with E-state index in [9.17, 15) is 9.59 Å². The first-order chi connectivity index (χ1) is 7.11. The lowest BCUT2D eigenvalue weighted by Crippen LogP contribution is -2.29. The summed E-state index contributed by atoms with van der Waals surface area (Å²) in [4.78, 5) is 23.7. The molecule has 0 saturated heterocycles. The molecule has 0 aliphatic rings. The van der Waals surface area contributed by atoms with E-state index in [1.165, 1.54) is 12.0 Å². The molecular weight excluding hydrogens is 198 g/mol. The van der Waals surface area contributed by atoms with Gasteiger partial charge in [0.1, 0.15) is 0 Å². The number of carbonyl (C=O) groups excluding carboxylic acids is 2. The van der Waals surface area contributed by atoms with E-state index in [4.69, 9.17) is 5.11 Å². The molecule has 0 atom stereocenters. The van der Waals surface area contributed by atoms with Crippen LogP contribution in [0, 0.1) is 0 Å². The standard InChI is InChI=1S/C10H19NO4/c1-11(7-6-10(14)15-2)9(13)5-3-4-8-12/h12H,3-8H2,1-2H3. The van der Waals surface area contributed by atoms with E-state index in [0.717, 1.165) is 0 Å². The van der Waals surface area contributed by atoms with Crippen LogP contribution in [-0.2, 0) is 14.3 Å². The van der Waals surface area contributed by atoms with Gasteiger partial charge in [-0.05, 0) is 12.8 Å². The number of ether oxygens (including phenoxy) is 1. The zero-order chi connectivity index (χ0) is 11.7. The molecular formula is C10H19NO4. The van der Waals surface area contributed by atoms with Crippen molar-refractivity contribution < 1.29 is 19.4 Å². The molecule has 0 fully saturated rings. The van der Waals surface area contributed by atoms with Crippen molar-refractivity contribution in [1.29, 1.82) is 0 Å². The molecule has 0 spiro atoms. The van der Waals surface area contributed by atoms with Crippen LogP contribution in [0.25, 0.3) is 0 Å². The summed E-state index contributed by atoms with van der Waals surface area (Å²) < 4.78 is 4.47. The molecule has 5 heteroatoms. The topological polar surface area (TPSA) is 66.8 Å². The maximum atomic E-state index is 11.4. The summed E-state index contributed by atoms with van der Waals surface area (Å²) in [6.07, 6.45) is 1.95. The molecule has 5 nitrogen and oxygen atoms in total. The second kappa shape index (κ2) is 8.23. The number of hydrogen-bond donors (Lipinski definition) is 1. The van der Waals surface area contributed by atoms with Crippen molar-refractivity contribution in [2.45, 2.75) is 25.7 Å². The Labute approximate surface area is 90.0 Å². The van der Waals surface area contributed by atoms with Crippen LogP contribution in [0.3, 0.4) is 0 Å². The average molecular weight is 217 g/mol.